The quantitative estimate of drug-likeness (QED) is 0.861. The van der Waals surface area contributed by atoms with E-state index >= 15 is 0 Å². The number of hydrogen-bond donors (Lipinski definition) is 2. The van der Waals surface area contributed by atoms with Crippen molar-refractivity contribution >= 4 is 10.8 Å². The number of fused-ring (bicyclic) bond motifs is 1. The summed E-state index contributed by atoms with van der Waals surface area (Å²) < 4.78 is 5.85. The summed E-state index contributed by atoms with van der Waals surface area (Å²) in [6.07, 6.45) is 6.21. The summed E-state index contributed by atoms with van der Waals surface area (Å²) in [4.78, 5) is 0. The van der Waals surface area contributed by atoms with Crippen molar-refractivity contribution in [2.45, 2.75) is 44.2 Å². The first-order valence-electron chi connectivity index (χ1n) is 8.45. The molecule has 0 radical (unpaired) electrons. The molecule has 3 rings (SSSR count). The molecule has 0 bridgehead atoms. The molecule has 118 valence electrons. The number of aliphatic hydroxyl groups excluding tert-OH is 1. The molecule has 0 amide bonds. The van der Waals surface area contributed by atoms with Crippen LogP contribution < -0.4 is 10.1 Å². The highest BCUT2D eigenvalue weighted by molar-refractivity contribution is 5.88. The number of nitrogens with two attached hydrogens (primary N) is 1. The van der Waals surface area contributed by atoms with Gasteiger partial charge in [0, 0.05) is 5.39 Å². The molecule has 22 heavy (non-hydrogen) atoms. The van der Waals surface area contributed by atoms with Gasteiger partial charge in [0.25, 0.3) is 0 Å². The summed E-state index contributed by atoms with van der Waals surface area (Å²) in [5, 5.41) is 14.7. The lowest BCUT2D eigenvalue weighted by Crippen LogP contribution is -2.92. The van der Waals surface area contributed by atoms with Crippen molar-refractivity contribution in [3.63, 3.8) is 0 Å². The van der Waals surface area contributed by atoms with Crippen LogP contribution >= 0.6 is 0 Å². The predicted octanol–water partition coefficient (Wildman–Crippen LogP) is 2.48. The molecule has 0 saturated heterocycles. The summed E-state index contributed by atoms with van der Waals surface area (Å²) in [6, 6.07) is 14.9. The van der Waals surface area contributed by atoms with Crippen molar-refractivity contribution in [2.75, 3.05) is 13.2 Å². The number of aliphatic hydroxyl groups is 1. The van der Waals surface area contributed by atoms with Gasteiger partial charge in [-0.05, 0) is 37.1 Å². The van der Waals surface area contributed by atoms with Gasteiger partial charge in [0.1, 0.15) is 25.0 Å². The maximum absolute atomic E-state index is 10.2. The predicted molar refractivity (Wildman–Crippen MR) is 89.1 cm³/mol. The fraction of sp³-hybridized carbons (Fsp3) is 0.474. The molecule has 3 nitrogen and oxygen atoms in total. The Morgan fingerprint density at radius 1 is 1.05 bits per heavy atom. The molecule has 0 aliphatic heterocycles. The molecule has 2 aromatic carbocycles. The van der Waals surface area contributed by atoms with Gasteiger partial charge in [0.2, 0.25) is 0 Å². The molecule has 1 aliphatic rings. The minimum absolute atomic E-state index is 0.358. The maximum Gasteiger partial charge on any atom is 0.137 e. The van der Waals surface area contributed by atoms with E-state index in [2.05, 4.69) is 23.5 Å². The Bertz CT molecular complexity index is 588. The average Bonchev–Trinajstić information content (AvgIpc) is 2.59. The third-order valence-corrected chi connectivity index (χ3v) is 4.57. The zero-order chi connectivity index (χ0) is 15.2. The highest BCUT2D eigenvalue weighted by Crippen LogP contribution is 2.25. The molecule has 2 aromatic rings. The van der Waals surface area contributed by atoms with Gasteiger partial charge in [-0.25, -0.2) is 0 Å². The van der Waals surface area contributed by atoms with Gasteiger partial charge in [-0.15, -0.1) is 0 Å². The van der Waals surface area contributed by atoms with Crippen LogP contribution in [0.3, 0.4) is 0 Å². The fourth-order valence-electron chi connectivity index (χ4n) is 3.29. The largest absolute Gasteiger partial charge is 0.490 e. The van der Waals surface area contributed by atoms with Gasteiger partial charge in [-0.3, -0.25) is 0 Å². The molecule has 1 aliphatic carbocycles. The zero-order valence-electron chi connectivity index (χ0n) is 13.1. The first-order chi connectivity index (χ1) is 10.8. The summed E-state index contributed by atoms with van der Waals surface area (Å²) in [5.41, 5.74) is 0. The van der Waals surface area contributed by atoms with Crippen LogP contribution in [-0.2, 0) is 0 Å². The molecular formula is C19H26NO2+. The Kier molecular flexibility index (Phi) is 5.30. The van der Waals surface area contributed by atoms with Crippen molar-refractivity contribution in [3.05, 3.63) is 42.5 Å². The Morgan fingerprint density at radius 2 is 1.82 bits per heavy atom. The zero-order valence-corrected chi connectivity index (χ0v) is 13.1. The average molecular weight is 300 g/mol. The lowest BCUT2D eigenvalue weighted by Gasteiger charge is -2.21. The number of hydrogen-bond acceptors (Lipinski definition) is 2. The van der Waals surface area contributed by atoms with E-state index in [0.717, 1.165) is 17.7 Å². The van der Waals surface area contributed by atoms with E-state index in [1.165, 1.54) is 37.5 Å². The second-order valence-electron chi connectivity index (χ2n) is 6.31. The van der Waals surface area contributed by atoms with E-state index in [9.17, 15) is 5.11 Å². The van der Waals surface area contributed by atoms with Crippen LogP contribution in [0.15, 0.2) is 42.5 Å². The first kappa shape index (κ1) is 15.3. The Labute approximate surface area is 132 Å². The van der Waals surface area contributed by atoms with Crippen LogP contribution in [0.4, 0.5) is 0 Å². The molecule has 1 unspecified atom stereocenters. The smallest absolute Gasteiger partial charge is 0.137 e. The lowest BCUT2D eigenvalue weighted by molar-refractivity contribution is -0.697. The van der Waals surface area contributed by atoms with Crippen LogP contribution in [0.1, 0.15) is 32.1 Å². The normalized spacial score (nSPS) is 17.5. The summed E-state index contributed by atoms with van der Waals surface area (Å²) in [6.45, 7) is 1.09. The van der Waals surface area contributed by atoms with Gasteiger partial charge in [-0.2, -0.15) is 0 Å². The minimum atomic E-state index is -0.416. The molecule has 3 N–H and O–H groups in total. The van der Waals surface area contributed by atoms with E-state index in [-0.39, 0.29) is 0 Å². The molecular weight excluding hydrogens is 274 g/mol. The number of rotatable bonds is 6. The van der Waals surface area contributed by atoms with Crippen LogP contribution in [0.2, 0.25) is 0 Å². The minimum Gasteiger partial charge on any atom is -0.490 e. The standard InChI is InChI=1S/C19H25NO2/c21-17(13-20-16-9-2-1-3-10-16)14-22-19-12-6-8-15-7-4-5-11-18(15)19/h4-8,11-12,16-17,20-21H,1-3,9-10,13-14H2/p+1. The highest BCUT2D eigenvalue weighted by atomic mass is 16.5. The molecule has 3 heteroatoms. The van der Waals surface area contributed by atoms with Crippen molar-refractivity contribution in [3.8, 4) is 5.75 Å². The Morgan fingerprint density at radius 3 is 2.68 bits per heavy atom. The highest BCUT2D eigenvalue weighted by Gasteiger charge is 2.18. The number of benzene rings is 2. The monoisotopic (exact) mass is 300 g/mol. The topological polar surface area (TPSA) is 46.1 Å². The van der Waals surface area contributed by atoms with Crippen molar-refractivity contribution < 1.29 is 15.2 Å². The van der Waals surface area contributed by atoms with Crippen LogP contribution in [0.5, 0.6) is 5.75 Å². The van der Waals surface area contributed by atoms with E-state index < -0.39 is 6.10 Å². The van der Waals surface area contributed by atoms with Crippen LogP contribution in [0.25, 0.3) is 10.8 Å². The molecule has 1 saturated carbocycles. The summed E-state index contributed by atoms with van der Waals surface area (Å²) in [5.74, 6) is 0.856. The van der Waals surface area contributed by atoms with Crippen LogP contribution in [0, 0.1) is 0 Å². The van der Waals surface area contributed by atoms with Gasteiger partial charge >= 0.3 is 0 Å². The van der Waals surface area contributed by atoms with Crippen molar-refractivity contribution in [1.82, 2.24) is 0 Å². The number of quaternary nitrogens is 1. The third-order valence-electron chi connectivity index (χ3n) is 4.57. The third kappa shape index (κ3) is 3.99. The maximum atomic E-state index is 10.2. The lowest BCUT2D eigenvalue weighted by atomic mass is 9.95. The fourth-order valence-corrected chi connectivity index (χ4v) is 3.29. The van der Waals surface area contributed by atoms with Crippen LogP contribution in [-0.4, -0.2) is 30.4 Å². The van der Waals surface area contributed by atoms with Gasteiger partial charge in [-0.1, -0.05) is 42.8 Å². The van der Waals surface area contributed by atoms with Gasteiger partial charge < -0.3 is 15.2 Å². The Balaban J connectivity index is 1.50. The van der Waals surface area contributed by atoms with E-state index in [0.29, 0.717) is 12.6 Å². The molecule has 0 spiro atoms. The van der Waals surface area contributed by atoms with Gasteiger partial charge in [0.05, 0.1) is 6.04 Å². The molecule has 1 fully saturated rings. The number of ether oxygens (including phenoxy) is 1. The molecule has 0 aromatic heterocycles. The summed E-state index contributed by atoms with van der Waals surface area (Å²) in [7, 11) is 0. The van der Waals surface area contributed by atoms with Crippen molar-refractivity contribution in [1.29, 1.82) is 0 Å². The van der Waals surface area contributed by atoms with E-state index in [1.807, 2.05) is 24.3 Å². The Hall–Kier alpha value is -1.58. The second kappa shape index (κ2) is 7.61. The van der Waals surface area contributed by atoms with Crippen molar-refractivity contribution in [2.24, 2.45) is 0 Å². The van der Waals surface area contributed by atoms with Gasteiger partial charge in [0.15, 0.2) is 0 Å². The summed E-state index contributed by atoms with van der Waals surface area (Å²) >= 11 is 0. The molecule has 0 heterocycles. The second-order valence-corrected chi connectivity index (χ2v) is 6.31. The SMILES string of the molecule is OC(C[NH2+]C1CCCCC1)COc1cccc2ccccc12. The molecule has 1 atom stereocenters. The van der Waals surface area contributed by atoms with E-state index in [4.69, 9.17) is 4.74 Å². The van der Waals surface area contributed by atoms with E-state index in [1.54, 1.807) is 0 Å². The first-order valence-corrected chi connectivity index (χ1v) is 8.45.